The molecule has 1 aromatic heterocycles. The summed E-state index contributed by atoms with van der Waals surface area (Å²) in [5.41, 5.74) is 5.90. The molecule has 2 rings (SSSR count). The number of hydrogen-bond donors (Lipinski definition) is 1. The highest BCUT2D eigenvalue weighted by molar-refractivity contribution is 9.10. The van der Waals surface area contributed by atoms with E-state index in [0.29, 0.717) is 16.3 Å². The summed E-state index contributed by atoms with van der Waals surface area (Å²) in [6.07, 6.45) is 2.11. The molecular formula is C12H18BrClN2O2. The maximum Gasteiger partial charge on any atom is 0.289 e. The molecule has 2 N–H and O–H groups in total. The Morgan fingerprint density at radius 2 is 2.33 bits per heavy atom. The highest BCUT2D eigenvalue weighted by Crippen LogP contribution is 2.22. The molecule has 0 aliphatic carbocycles. The molecule has 2 heterocycles. The molecule has 18 heavy (non-hydrogen) atoms. The zero-order valence-electron chi connectivity index (χ0n) is 10.3. The van der Waals surface area contributed by atoms with E-state index in [1.807, 2.05) is 11.8 Å². The van der Waals surface area contributed by atoms with Gasteiger partial charge in [-0.25, -0.2) is 0 Å². The van der Waals surface area contributed by atoms with Crippen molar-refractivity contribution >= 4 is 34.2 Å². The van der Waals surface area contributed by atoms with E-state index in [4.69, 9.17) is 10.2 Å². The van der Waals surface area contributed by atoms with Crippen molar-refractivity contribution in [3.63, 3.8) is 0 Å². The number of furan rings is 1. The molecule has 1 amide bonds. The average molecular weight is 338 g/mol. The minimum atomic E-state index is -0.0407. The Hall–Kier alpha value is -0.520. The number of hydrogen-bond acceptors (Lipinski definition) is 3. The zero-order valence-corrected chi connectivity index (χ0v) is 12.7. The number of likely N-dealkylation sites (tertiary alicyclic amines) is 1. The highest BCUT2D eigenvalue weighted by Gasteiger charge is 2.27. The minimum absolute atomic E-state index is 0. The first-order valence-electron chi connectivity index (χ1n) is 5.88. The van der Waals surface area contributed by atoms with Crippen LogP contribution >= 0.6 is 28.3 Å². The van der Waals surface area contributed by atoms with Crippen LogP contribution in [-0.4, -0.2) is 29.9 Å². The molecule has 0 spiro atoms. The van der Waals surface area contributed by atoms with Crippen molar-refractivity contribution in [2.45, 2.75) is 25.8 Å². The Morgan fingerprint density at radius 3 is 2.89 bits per heavy atom. The van der Waals surface area contributed by atoms with Crippen LogP contribution in [0.1, 0.15) is 30.3 Å². The first-order valence-corrected chi connectivity index (χ1v) is 6.67. The summed E-state index contributed by atoms with van der Waals surface area (Å²) in [5.74, 6) is 0.745. The molecule has 1 aliphatic rings. The van der Waals surface area contributed by atoms with Crippen LogP contribution in [0.15, 0.2) is 21.2 Å². The molecule has 1 aliphatic heterocycles. The van der Waals surface area contributed by atoms with E-state index in [9.17, 15) is 4.79 Å². The smallest absolute Gasteiger partial charge is 0.289 e. The van der Waals surface area contributed by atoms with Crippen molar-refractivity contribution < 1.29 is 9.21 Å². The van der Waals surface area contributed by atoms with Crippen LogP contribution in [0.2, 0.25) is 0 Å². The topological polar surface area (TPSA) is 59.5 Å². The normalized spacial score (nSPS) is 21.3. The maximum absolute atomic E-state index is 12.2. The van der Waals surface area contributed by atoms with E-state index < -0.39 is 0 Å². The van der Waals surface area contributed by atoms with Crippen LogP contribution in [0, 0.1) is 5.92 Å². The standard InChI is InChI=1S/C12H17BrN2O2.ClH/c1-8(14)9-3-2-6-15(7-9)12(16)10-4-5-11(13)17-10;/h4-5,8-9H,2-3,6-7,14H2,1H3;1H. The predicted molar refractivity (Wildman–Crippen MR) is 75.9 cm³/mol. The van der Waals surface area contributed by atoms with Gasteiger partial charge in [0, 0.05) is 19.1 Å². The lowest BCUT2D eigenvalue weighted by Crippen LogP contribution is -2.44. The summed E-state index contributed by atoms with van der Waals surface area (Å²) >= 11 is 3.20. The molecule has 102 valence electrons. The molecule has 0 bridgehead atoms. The summed E-state index contributed by atoms with van der Waals surface area (Å²) in [7, 11) is 0. The van der Waals surface area contributed by atoms with Gasteiger partial charge in [0.1, 0.15) is 0 Å². The number of amides is 1. The van der Waals surface area contributed by atoms with E-state index in [-0.39, 0.29) is 24.4 Å². The van der Waals surface area contributed by atoms with Gasteiger partial charge in [0.05, 0.1) is 0 Å². The number of nitrogens with two attached hydrogens (primary N) is 1. The summed E-state index contributed by atoms with van der Waals surface area (Å²) in [5, 5.41) is 0. The molecule has 0 saturated carbocycles. The third-order valence-corrected chi connectivity index (χ3v) is 3.70. The van der Waals surface area contributed by atoms with Gasteiger partial charge in [0.2, 0.25) is 0 Å². The number of nitrogens with zero attached hydrogens (tertiary/aromatic N) is 1. The van der Waals surface area contributed by atoms with Crippen molar-refractivity contribution in [2.75, 3.05) is 13.1 Å². The first-order chi connectivity index (χ1) is 8.08. The van der Waals surface area contributed by atoms with Crippen molar-refractivity contribution in [2.24, 2.45) is 11.7 Å². The van der Waals surface area contributed by atoms with Gasteiger partial charge in [-0.2, -0.15) is 0 Å². The molecule has 1 fully saturated rings. The second-order valence-electron chi connectivity index (χ2n) is 4.62. The van der Waals surface area contributed by atoms with Gasteiger partial charge in [-0.3, -0.25) is 4.79 Å². The van der Waals surface area contributed by atoms with Crippen LogP contribution in [0.5, 0.6) is 0 Å². The monoisotopic (exact) mass is 336 g/mol. The average Bonchev–Trinajstić information content (AvgIpc) is 2.75. The van der Waals surface area contributed by atoms with Crippen LogP contribution in [0.4, 0.5) is 0 Å². The number of piperidine rings is 1. The maximum atomic E-state index is 12.2. The van der Waals surface area contributed by atoms with Gasteiger partial charge in [-0.15, -0.1) is 12.4 Å². The SMILES string of the molecule is CC(N)C1CCCN(C(=O)c2ccc(Br)o2)C1.Cl. The van der Waals surface area contributed by atoms with Crippen molar-refractivity contribution in [1.82, 2.24) is 4.90 Å². The third-order valence-electron chi connectivity index (χ3n) is 3.27. The van der Waals surface area contributed by atoms with E-state index in [1.54, 1.807) is 12.1 Å². The first kappa shape index (κ1) is 15.5. The fourth-order valence-electron chi connectivity index (χ4n) is 2.21. The van der Waals surface area contributed by atoms with Crippen molar-refractivity contribution in [3.05, 3.63) is 22.6 Å². The van der Waals surface area contributed by atoms with Crippen molar-refractivity contribution in [1.29, 1.82) is 0 Å². The third kappa shape index (κ3) is 3.49. The lowest BCUT2D eigenvalue weighted by atomic mass is 9.92. The summed E-state index contributed by atoms with van der Waals surface area (Å²) < 4.78 is 5.87. The van der Waals surface area contributed by atoms with Crippen LogP contribution in [-0.2, 0) is 0 Å². The Bertz CT molecular complexity index is 409. The second-order valence-corrected chi connectivity index (χ2v) is 5.40. The lowest BCUT2D eigenvalue weighted by molar-refractivity contribution is 0.0627. The molecular weight excluding hydrogens is 320 g/mol. The largest absolute Gasteiger partial charge is 0.444 e. The minimum Gasteiger partial charge on any atom is -0.444 e. The molecule has 2 unspecified atom stereocenters. The highest BCUT2D eigenvalue weighted by atomic mass is 79.9. The fourth-order valence-corrected chi connectivity index (χ4v) is 2.52. The Kier molecular flexibility index (Phi) is 5.69. The lowest BCUT2D eigenvalue weighted by Gasteiger charge is -2.34. The molecule has 1 saturated heterocycles. The molecule has 2 atom stereocenters. The van der Waals surface area contributed by atoms with Crippen LogP contribution < -0.4 is 5.73 Å². The van der Waals surface area contributed by atoms with Gasteiger partial charge >= 0.3 is 0 Å². The molecule has 4 nitrogen and oxygen atoms in total. The summed E-state index contributed by atoms with van der Waals surface area (Å²) in [6, 6.07) is 3.57. The van der Waals surface area contributed by atoms with E-state index in [0.717, 1.165) is 25.9 Å². The predicted octanol–water partition coefficient (Wildman–Crippen LogP) is 2.66. The van der Waals surface area contributed by atoms with E-state index >= 15 is 0 Å². The van der Waals surface area contributed by atoms with E-state index in [1.165, 1.54) is 0 Å². The second kappa shape index (κ2) is 6.59. The number of halogens is 2. The van der Waals surface area contributed by atoms with Gasteiger partial charge in [0.15, 0.2) is 10.4 Å². The Balaban J connectivity index is 0.00000162. The Labute approximate surface area is 121 Å². The van der Waals surface area contributed by atoms with Gasteiger partial charge in [-0.05, 0) is 53.7 Å². The van der Waals surface area contributed by atoms with E-state index in [2.05, 4.69) is 15.9 Å². The molecule has 0 radical (unpaired) electrons. The van der Waals surface area contributed by atoms with Gasteiger partial charge < -0.3 is 15.1 Å². The quantitative estimate of drug-likeness (QED) is 0.902. The van der Waals surface area contributed by atoms with Crippen LogP contribution in [0.25, 0.3) is 0 Å². The van der Waals surface area contributed by atoms with Gasteiger partial charge in [0.25, 0.3) is 5.91 Å². The fraction of sp³-hybridized carbons (Fsp3) is 0.583. The van der Waals surface area contributed by atoms with Crippen LogP contribution in [0.3, 0.4) is 0 Å². The molecule has 0 aromatic carbocycles. The number of rotatable bonds is 2. The number of carbonyl (C=O) groups is 1. The Morgan fingerprint density at radius 1 is 1.61 bits per heavy atom. The van der Waals surface area contributed by atoms with Gasteiger partial charge in [-0.1, -0.05) is 0 Å². The summed E-state index contributed by atoms with van der Waals surface area (Å²) in [6.45, 7) is 3.53. The van der Waals surface area contributed by atoms with Crippen molar-refractivity contribution in [3.8, 4) is 0 Å². The molecule has 1 aromatic rings. The zero-order chi connectivity index (χ0) is 12.4. The number of carbonyl (C=O) groups excluding carboxylic acids is 1. The summed E-state index contributed by atoms with van der Waals surface area (Å²) in [4.78, 5) is 14.0. The molecule has 6 heteroatoms.